The van der Waals surface area contributed by atoms with Gasteiger partial charge < -0.3 is 10.1 Å². The molecular weight excluding hydrogens is 174 g/mol. The predicted molar refractivity (Wildman–Crippen MR) is 58.6 cm³/mol. The van der Waals surface area contributed by atoms with Crippen molar-refractivity contribution in [2.45, 2.75) is 32.4 Å². The Hall–Kier alpha value is -1.02. The summed E-state index contributed by atoms with van der Waals surface area (Å²) >= 11 is 0. The Morgan fingerprint density at radius 2 is 2.00 bits per heavy atom. The maximum absolute atomic E-state index is 5.50. The van der Waals surface area contributed by atoms with Gasteiger partial charge in [-0.3, -0.25) is 0 Å². The topological polar surface area (TPSA) is 21.3 Å². The summed E-state index contributed by atoms with van der Waals surface area (Å²) in [7, 11) is 0. The molecule has 1 fully saturated rings. The molecule has 0 unspecified atom stereocenters. The molecule has 1 aliphatic rings. The van der Waals surface area contributed by atoms with Crippen molar-refractivity contribution in [3.05, 3.63) is 29.8 Å². The summed E-state index contributed by atoms with van der Waals surface area (Å²) in [6, 6.07) is 8.98. The number of anilines is 1. The minimum absolute atomic E-state index is 0.330. The summed E-state index contributed by atoms with van der Waals surface area (Å²) in [6.45, 7) is 5.11. The third-order valence-electron chi connectivity index (χ3n) is 2.78. The largest absolute Gasteiger partial charge is 0.380 e. The fourth-order valence-electron chi connectivity index (χ4n) is 1.79. The van der Waals surface area contributed by atoms with Crippen molar-refractivity contribution in [3.63, 3.8) is 0 Å². The Morgan fingerprint density at radius 3 is 2.57 bits per heavy atom. The maximum atomic E-state index is 5.50. The van der Waals surface area contributed by atoms with E-state index in [0.29, 0.717) is 12.1 Å². The van der Waals surface area contributed by atoms with Crippen molar-refractivity contribution >= 4 is 5.69 Å². The minimum Gasteiger partial charge on any atom is -0.380 e. The molecule has 0 aliphatic carbocycles. The van der Waals surface area contributed by atoms with Crippen LogP contribution in [-0.4, -0.2) is 18.8 Å². The second kappa shape index (κ2) is 4.01. The summed E-state index contributed by atoms with van der Waals surface area (Å²) in [6.07, 6.45) is 1.44. The van der Waals surface area contributed by atoms with Gasteiger partial charge in [0.05, 0.1) is 12.1 Å². The quantitative estimate of drug-likeness (QED) is 0.775. The van der Waals surface area contributed by atoms with Crippen molar-refractivity contribution in [2.75, 3.05) is 11.9 Å². The zero-order chi connectivity index (χ0) is 9.97. The molecule has 0 spiro atoms. The van der Waals surface area contributed by atoms with Crippen LogP contribution in [0.25, 0.3) is 0 Å². The number of rotatable bonds is 2. The van der Waals surface area contributed by atoms with Gasteiger partial charge in [-0.15, -0.1) is 0 Å². The highest BCUT2D eigenvalue weighted by atomic mass is 16.5. The van der Waals surface area contributed by atoms with Gasteiger partial charge in [-0.1, -0.05) is 17.7 Å². The molecule has 0 saturated carbocycles. The fourth-order valence-corrected chi connectivity index (χ4v) is 1.79. The number of benzene rings is 1. The lowest BCUT2D eigenvalue weighted by molar-refractivity contribution is 0.121. The first-order chi connectivity index (χ1) is 6.75. The molecule has 14 heavy (non-hydrogen) atoms. The predicted octanol–water partition coefficient (Wildman–Crippen LogP) is 2.58. The lowest BCUT2D eigenvalue weighted by Crippen LogP contribution is -2.26. The fraction of sp³-hybridized carbons (Fsp3) is 0.500. The molecule has 1 saturated heterocycles. The van der Waals surface area contributed by atoms with Crippen LogP contribution in [0.1, 0.15) is 18.9 Å². The molecular formula is C12H17NO. The maximum Gasteiger partial charge on any atom is 0.0748 e. The number of nitrogens with one attached hydrogen (secondary N) is 1. The first kappa shape index (κ1) is 9.53. The van der Waals surface area contributed by atoms with Crippen molar-refractivity contribution in [3.8, 4) is 0 Å². The Bertz CT molecular complexity index is 294. The van der Waals surface area contributed by atoms with E-state index < -0.39 is 0 Å². The van der Waals surface area contributed by atoms with Crippen LogP contribution in [0.2, 0.25) is 0 Å². The van der Waals surface area contributed by atoms with Gasteiger partial charge >= 0.3 is 0 Å². The Labute approximate surface area is 85.3 Å². The third kappa shape index (κ3) is 2.07. The van der Waals surface area contributed by atoms with Gasteiger partial charge in [-0.2, -0.15) is 0 Å². The zero-order valence-corrected chi connectivity index (χ0v) is 8.79. The van der Waals surface area contributed by atoms with Crippen LogP contribution in [-0.2, 0) is 4.74 Å². The molecule has 0 radical (unpaired) electrons. The SMILES string of the molecule is Cc1ccc(N[C@@H]2CCO[C@H]2C)cc1. The molecule has 1 aliphatic heterocycles. The summed E-state index contributed by atoms with van der Waals surface area (Å²) in [5.41, 5.74) is 2.49. The first-order valence-corrected chi connectivity index (χ1v) is 5.20. The van der Waals surface area contributed by atoms with E-state index in [-0.39, 0.29) is 0 Å². The molecule has 76 valence electrons. The van der Waals surface area contributed by atoms with E-state index in [1.165, 1.54) is 11.3 Å². The zero-order valence-electron chi connectivity index (χ0n) is 8.79. The smallest absolute Gasteiger partial charge is 0.0748 e. The van der Waals surface area contributed by atoms with Gasteiger partial charge in [0.15, 0.2) is 0 Å². The van der Waals surface area contributed by atoms with Gasteiger partial charge in [-0.05, 0) is 32.4 Å². The van der Waals surface area contributed by atoms with Crippen LogP contribution in [0.15, 0.2) is 24.3 Å². The van der Waals surface area contributed by atoms with Crippen LogP contribution in [0, 0.1) is 6.92 Å². The summed E-state index contributed by atoms with van der Waals surface area (Å²) in [5.74, 6) is 0. The molecule has 1 heterocycles. The van der Waals surface area contributed by atoms with Gasteiger partial charge in [0, 0.05) is 12.3 Å². The molecule has 2 nitrogen and oxygen atoms in total. The van der Waals surface area contributed by atoms with Crippen LogP contribution in [0.3, 0.4) is 0 Å². The monoisotopic (exact) mass is 191 g/mol. The number of hydrogen-bond acceptors (Lipinski definition) is 2. The molecule has 1 N–H and O–H groups in total. The first-order valence-electron chi connectivity index (χ1n) is 5.20. The van der Waals surface area contributed by atoms with Crippen LogP contribution < -0.4 is 5.32 Å². The summed E-state index contributed by atoms with van der Waals surface area (Å²) in [5, 5.41) is 3.49. The number of hydrogen-bond donors (Lipinski definition) is 1. The van der Waals surface area contributed by atoms with Crippen molar-refractivity contribution in [1.29, 1.82) is 0 Å². The van der Waals surface area contributed by atoms with E-state index >= 15 is 0 Å². The molecule has 0 bridgehead atoms. The van der Waals surface area contributed by atoms with Crippen LogP contribution in [0.4, 0.5) is 5.69 Å². The molecule has 2 rings (SSSR count). The van der Waals surface area contributed by atoms with Gasteiger partial charge in [0.1, 0.15) is 0 Å². The Kier molecular flexibility index (Phi) is 2.73. The van der Waals surface area contributed by atoms with E-state index in [0.717, 1.165) is 13.0 Å². The molecule has 2 heteroatoms. The van der Waals surface area contributed by atoms with Gasteiger partial charge in [0.2, 0.25) is 0 Å². The van der Waals surface area contributed by atoms with E-state index in [4.69, 9.17) is 4.74 Å². The number of aryl methyl sites for hydroxylation is 1. The van der Waals surface area contributed by atoms with Crippen molar-refractivity contribution in [1.82, 2.24) is 0 Å². The van der Waals surface area contributed by atoms with Gasteiger partial charge in [0.25, 0.3) is 0 Å². The average Bonchev–Trinajstić information content (AvgIpc) is 2.56. The molecule has 1 aromatic rings. The van der Waals surface area contributed by atoms with E-state index in [1.807, 2.05) is 0 Å². The van der Waals surface area contributed by atoms with Gasteiger partial charge in [-0.25, -0.2) is 0 Å². The van der Waals surface area contributed by atoms with E-state index in [9.17, 15) is 0 Å². The Balaban J connectivity index is 2.00. The second-order valence-corrected chi connectivity index (χ2v) is 3.98. The third-order valence-corrected chi connectivity index (χ3v) is 2.78. The average molecular weight is 191 g/mol. The van der Waals surface area contributed by atoms with E-state index in [2.05, 4.69) is 43.4 Å². The Morgan fingerprint density at radius 1 is 1.29 bits per heavy atom. The minimum atomic E-state index is 0.330. The van der Waals surface area contributed by atoms with Crippen molar-refractivity contribution < 1.29 is 4.74 Å². The highest BCUT2D eigenvalue weighted by molar-refractivity contribution is 5.45. The second-order valence-electron chi connectivity index (χ2n) is 3.98. The molecule has 0 aromatic heterocycles. The van der Waals surface area contributed by atoms with E-state index in [1.54, 1.807) is 0 Å². The lowest BCUT2D eigenvalue weighted by atomic mass is 10.1. The van der Waals surface area contributed by atoms with Crippen LogP contribution >= 0.6 is 0 Å². The standard InChI is InChI=1S/C12H17NO/c1-9-3-5-11(6-4-9)13-12-7-8-14-10(12)2/h3-6,10,12-13H,7-8H2,1-2H3/t10-,12+/m0/s1. The lowest BCUT2D eigenvalue weighted by Gasteiger charge is -2.17. The van der Waals surface area contributed by atoms with Crippen molar-refractivity contribution in [2.24, 2.45) is 0 Å². The molecule has 2 atom stereocenters. The molecule has 1 aromatic carbocycles. The van der Waals surface area contributed by atoms with Crippen LogP contribution in [0.5, 0.6) is 0 Å². The molecule has 0 amide bonds. The summed E-state index contributed by atoms with van der Waals surface area (Å²) in [4.78, 5) is 0. The number of ether oxygens (including phenoxy) is 1. The highest BCUT2D eigenvalue weighted by Crippen LogP contribution is 2.18. The normalized spacial score (nSPS) is 26.4. The highest BCUT2D eigenvalue weighted by Gasteiger charge is 2.23. The summed E-state index contributed by atoms with van der Waals surface area (Å²) < 4.78 is 5.50.